The predicted molar refractivity (Wildman–Crippen MR) is 134 cm³/mol. The van der Waals surface area contributed by atoms with Crippen LogP contribution in [0.3, 0.4) is 0 Å². The van der Waals surface area contributed by atoms with E-state index in [2.05, 4.69) is 14.6 Å². The van der Waals surface area contributed by atoms with Crippen LogP contribution in [0.15, 0.2) is 42.5 Å². The molecule has 2 heterocycles. The Bertz CT molecular complexity index is 1580. The zero-order valence-corrected chi connectivity index (χ0v) is 22.2. The molecule has 0 saturated heterocycles. The first-order chi connectivity index (χ1) is 19.8. The number of nitrogens with zero attached hydrogens (tertiary/aromatic N) is 2. The van der Waals surface area contributed by atoms with Crippen molar-refractivity contribution in [3.63, 3.8) is 0 Å². The van der Waals surface area contributed by atoms with Gasteiger partial charge in [-0.25, -0.2) is 4.68 Å². The van der Waals surface area contributed by atoms with Gasteiger partial charge in [0.2, 0.25) is 0 Å². The van der Waals surface area contributed by atoms with Crippen molar-refractivity contribution in [2.24, 2.45) is 5.41 Å². The van der Waals surface area contributed by atoms with E-state index in [4.69, 9.17) is 9.47 Å². The lowest BCUT2D eigenvalue weighted by Crippen LogP contribution is -2.71. The van der Waals surface area contributed by atoms with Gasteiger partial charge in [-0.3, -0.25) is 4.79 Å². The first-order valence-corrected chi connectivity index (χ1v) is 13.5. The van der Waals surface area contributed by atoms with Crippen molar-refractivity contribution in [3.8, 4) is 22.9 Å². The molecule has 3 fully saturated rings. The molecule has 2 atom stereocenters. The quantitative estimate of drug-likeness (QED) is 0.304. The summed E-state index contributed by atoms with van der Waals surface area (Å²) >= 11 is 0. The molecule has 3 aromatic rings. The number of ether oxygens (including phenoxy) is 4. The van der Waals surface area contributed by atoms with Gasteiger partial charge in [-0.2, -0.15) is 18.3 Å². The number of halogens is 5. The molecular weight excluding hydrogens is 567 g/mol. The van der Waals surface area contributed by atoms with Crippen LogP contribution in [0.5, 0.6) is 17.2 Å². The molecule has 42 heavy (non-hydrogen) atoms. The van der Waals surface area contributed by atoms with Gasteiger partial charge in [-0.15, -0.1) is 8.78 Å². The lowest BCUT2D eigenvalue weighted by atomic mass is 9.41. The molecular formula is C29H25F5N2O6. The van der Waals surface area contributed by atoms with E-state index in [1.54, 1.807) is 37.3 Å². The van der Waals surface area contributed by atoms with E-state index in [1.165, 1.54) is 16.8 Å². The summed E-state index contributed by atoms with van der Waals surface area (Å²) in [7, 11) is 0. The second kappa shape index (κ2) is 8.82. The second-order valence-corrected chi connectivity index (χ2v) is 11.6. The third-order valence-electron chi connectivity index (χ3n) is 8.59. The normalized spacial score (nSPS) is 27.4. The van der Waals surface area contributed by atoms with Gasteiger partial charge in [0.05, 0.1) is 22.4 Å². The van der Waals surface area contributed by atoms with Crippen LogP contribution in [-0.4, -0.2) is 32.8 Å². The van der Waals surface area contributed by atoms with Crippen molar-refractivity contribution in [1.82, 2.24) is 9.78 Å². The fraction of sp³-hybridized carbons (Fsp3) is 0.448. The molecule has 8 rings (SSSR count). The van der Waals surface area contributed by atoms with E-state index in [0.717, 1.165) is 0 Å². The summed E-state index contributed by atoms with van der Waals surface area (Å²) in [4.78, 5) is 11.6. The van der Waals surface area contributed by atoms with E-state index in [0.29, 0.717) is 54.8 Å². The molecule has 1 unspecified atom stereocenters. The van der Waals surface area contributed by atoms with Crippen molar-refractivity contribution in [1.29, 1.82) is 0 Å². The topological polar surface area (TPSA) is 92.0 Å². The van der Waals surface area contributed by atoms with Gasteiger partial charge in [0.15, 0.2) is 17.2 Å². The Kier molecular flexibility index (Phi) is 5.67. The van der Waals surface area contributed by atoms with Crippen LogP contribution in [0.4, 0.5) is 22.0 Å². The summed E-state index contributed by atoms with van der Waals surface area (Å²) in [5.41, 5.74) is -1.16. The summed E-state index contributed by atoms with van der Waals surface area (Å²) < 4.78 is 91.8. The molecule has 13 heteroatoms. The maximum absolute atomic E-state index is 14.1. The van der Waals surface area contributed by atoms with Gasteiger partial charge in [0.25, 0.3) is 0 Å². The van der Waals surface area contributed by atoms with Crippen LogP contribution in [0, 0.1) is 5.41 Å². The number of hydrogen-bond acceptors (Lipinski definition) is 6. The van der Waals surface area contributed by atoms with Gasteiger partial charge in [-0.1, -0.05) is 12.1 Å². The molecule has 1 N–H and O–H groups in total. The summed E-state index contributed by atoms with van der Waals surface area (Å²) in [6, 6.07) is 10.7. The number of benzene rings is 2. The minimum Gasteiger partial charge on any atom is -0.486 e. The Labute approximate surface area is 235 Å². The molecule has 4 aliphatic carbocycles. The molecule has 5 aliphatic rings. The molecule has 1 aliphatic heterocycles. The SMILES string of the molecule is C[C@H](Oc1cccc(-n2nc(C(F)(F)F)c3c2C(OC24CC(C(=O)O)(C2)C4)CCC3)c1)c1ccc2c(c1)OC(F)(F)O2. The van der Waals surface area contributed by atoms with E-state index in [1.807, 2.05) is 0 Å². The Morgan fingerprint density at radius 3 is 2.57 bits per heavy atom. The van der Waals surface area contributed by atoms with Crippen LogP contribution >= 0.6 is 0 Å². The van der Waals surface area contributed by atoms with Crippen LogP contribution in [0.1, 0.15) is 73.8 Å². The molecule has 222 valence electrons. The summed E-state index contributed by atoms with van der Waals surface area (Å²) in [5, 5.41) is 13.5. The van der Waals surface area contributed by atoms with Crippen LogP contribution in [-0.2, 0) is 22.1 Å². The monoisotopic (exact) mass is 592 g/mol. The molecule has 2 aromatic carbocycles. The Morgan fingerprint density at radius 2 is 1.86 bits per heavy atom. The van der Waals surface area contributed by atoms with Gasteiger partial charge in [-0.05, 0) is 75.3 Å². The number of rotatable bonds is 7. The Balaban J connectivity index is 1.18. The van der Waals surface area contributed by atoms with Gasteiger partial charge in [0.1, 0.15) is 18.0 Å². The van der Waals surface area contributed by atoms with Crippen molar-refractivity contribution < 1.29 is 50.8 Å². The fourth-order valence-electron chi connectivity index (χ4n) is 6.71. The molecule has 1 aromatic heterocycles. The number of aromatic nitrogens is 2. The predicted octanol–water partition coefficient (Wildman–Crippen LogP) is 6.75. The number of fused-ring (bicyclic) bond motifs is 2. The molecule has 0 amide bonds. The van der Waals surface area contributed by atoms with Crippen LogP contribution in [0.25, 0.3) is 5.69 Å². The van der Waals surface area contributed by atoms with Gasteiger partial charge >= 0.3 is 18.4 Å². The van der Waals surface area contributed by atoms with E-state index in [-0.39, 0.29) is 23.5 Å². The highest BCUT2D eigenvalue weighted by Crippen LogP contribution is 2.70. The van der Waals surface area contributed by atoms with Crippen molar-refractivity contribution in [3.05, 3.63) is 65.0 Å². The number of carboxylic acids is 1. The zero-order chi connectivity index (χ0) is 29.7. The van der Waals surface area contributed by atoms with E-state index >= 15 is 0 Å². The highest BCUT2D eigenvalue weighted by molar-refractivity contribution is 5.79. The van der Waals surface area contributed by atoms with Gasteiger partial charge < -0.3 is 24.1 Å². The number of aliphatic carboxylic acids is 1. The average molecular weight is 593 g/mol. The van der Waals surface area contributed by atoms with Crippen molar-refractivity contribution >= 4 is 5.97 Å². The molecule has 3 saturated carbocycles. The highest BCUT2D eigenvalue weighted by atomic mass is 19.4. The lowest BCUT2D eigenvalue weighted by Gasteiger charge is -2.67. The first-order valence-electron chi connectivity index (χ1n) is 13.5. The lowest BCUT2D eigenvalue weighted by molar-refractivity contribution is -0.300. The third-order valence-corrected chi connectivity index (χ3v) is 8.59. The molecule has 0 spiro atoms. The molecule has 8 nitrogen and oxygen atoms in total. The standard InChI is InChI=1S/C29H25F5N2O6/c1-15(16-8-9-20-22(10-16)42-29(33,34)41-20)39-18-5-2-4-17(11-18)36-23-19(24(35-36)28(30,31)32)6-3-7-21(23)40-27-12-26(13-27,14-27)25(37)38/h2,4-5,8-11,15,21H,3,6-7,12-14H2,1H3,(H,37,38)/t15-,21?,26?,27?/m0/s1. The maximum atomic E-state index is 14.1. The van der Waals surface area contributed by atoms with Crippen molar-refractivity contribution in [2.45, 2.75) is 75.7 Å². The average Bonchev–Trinajstić information content (AvgIpc) is 3.41. The number of hydrogen-bond donors (Lipinski definition) is 1. The number of carboxylic acid groups (broad SMARTS) is 1. The smallest absolute Gasteiger partial charge is 0.486 e. The fourth-order valence-corrected chi connectivity index (χ4v) is 6.71. The largest absolute Gasteiger partial charge is 0.586 e. The maximum Gasteiger partial charge on any atom is 0.586 e. The Morgan fingerprint density at radius 1 is 1.12 bits per heavy atom. The summed E-state index contributed by atoms with van der Waals surface area (Å²) in [6.45, 7) is 1.69. The van der Waals surface area contributed by atoms with Crippen LogP contribution < -0.4 is 14.2 Å². The highest BCUT2D eigenvalue weighted by Gasteiger charge is 2.73. The van der Waals surface area contributed by atoms with E-state index in [9.17, 15) is 31.9 Å². The Hall–Kier alpha value is -3.87. The number of carbonyl (C=O) groups is 1. The zero-order valence-electron chi connectivity index (χ0n) is 22.2. The van der Waals surface area contributed by atoms with Crippen LogP contribution in [0.2, 0.25) is 0 Å². The molecule has 0 radical (unpaired) electrons. The summed E-state index contributed by atoms with van der Waals surface area (Å²) in [5.74, 6) is -0.785. The van der Waals surface area contributed by atoms with Crippen molar-refractivity contribution in [2.75, 3.05) is 0 Å². The second-order valence-electron chi connectivity index (χ2n) is 11.6. The first kappa shape index (κ1) is 27.0. The minimum absolute atomic E-state index is 0.0788. The third kappa shape index (κ3) is 4.27. The van der Waals surface area contributed by atoms with Gasteiger partial charge in [0, 0.05) is 11.6 Å². The number of alkyl halides is 5. The summed E-state index contributed by atoms with van der Waals surface area (Å²) in [6.07, 6.45) is -7.56. The van der Waals surface area contributed by atoms with E-state index < -0.39 is 47.4 Å². The molecule has 2 bridgehead atoms. The minimum atomic E-state index is -4.68.